The van der Waals surface area contributed by atoms with Crippen LogP contribution in [0.4, 0.5) is 0 Å². The zero-order valence-corrected chi connectivity index (χ0v) is 4.96. The van der Waals surface area contributed by atoms with Gasteiger partial charge in [-0.3, -0.25) is 4.79 Å². The summed E-state index contributed by atoms with van der Waals surface area (Å²) in [6.45, 7) is 1.32. The second-order valence-corrected chi connectivity index (χ2v) is 1.53. The fourth-order valence-corrected chi connectivity index (χ4v) is 0.463. The Labute approximate surface area is 74.5 Å². The van der Waals surface area contributed by atoms with Crippen LogP contribution in [0, 0.1) is 0 Å². The Kier molecular flexibility index (Phi) is 4.14. The van der Waals surface area contributed by atoms with Gasteiger partial charge >= 0.3 is 29.0 Å². The SMILES string of the molecule is CC(=O)Oc1ccco1.[MgH2]. The molecule has 0 aliphatic rings. The molecule has 0 amide bonds. The topological polar surface area (TPSA) is 39.4 Å². The van der Waals surface area contributed by atoms with Crippen LogP contribution in [0.5, 0.6) is 5.95 Å². The van der Waals surface area contributed by atoms with Crippen LogP contribution in [-0.4, -0.2) is 29.0 Å². The predicted molar refractivity (Wildman–Crippen MR) is 38.6 cm³/mol. The first-order valence-corrected chi connectivity index (χ1v) is 2.51. The minimum absolute atomic E-state index is 0. The van der Waals surface area contributed by atoms with Crippen LogP contribution in [0.1, 0.15) is 6.92 Å². The van der Waals surface area contributed by atoms with Gasteiger partial charge in [-0.1, -0.05) is 0 Å². The van der Waals surface area contributed by atoms with E-state index >= 15 is 0 Å². The summed E-state index contributed by atoms with van der Waals surface area (Å²) >= 11 is 0. The molecule has 0 bridgehead atoms. The first kappa shape index (κ1) is 9.52. The summed E-state index contributed by atoms with van der Waals surface area (Å²) in [4.78, 5) is 10.2. The summed E-state index contributed by atoms with van der Waals surface area (Å²) < 4.78 is 9.25. The number of furan rings is 1. The van der Waals surface area contributed by atoms with Gasteiger partial charge in [0.1, 0.15) is 0 Å². The average molecular weight is 152 g/mol. The van der Waals surface area contributed by atoms with Gasteiger partial charge in [-0.2, -0.15) is 0 Å². The van der Waals surface area contributed by atoms with E-state index in [1.165, 1.54) is 13.2 Å². The minimum Gasteiger partial charge on any atom is -0.434 e. The standard InChI is InChI=1S/C6H6O3.Mg.2H/c1-5(7)9-6-3-2-4-8-6;;;/h2-4H,1H3;;;. The van der Waals surface area contributed by atoms with Crippen molar-refractivity contribution >= 4 is 29.0 Å². The minimum atomic E-state index is -0.370. The maximum Gasteiger partial charge on any atom is 0.316 e. The molecule has 1 rings (SSSR count). The van der Waals surface area contributed by atoms with Crippen molar-refractivity contribution in [1.82, 2.24) is 0 Å². The fraction of sp³-hybridized carbons (Fsp3) is 0.167. The van der Waals surface area contributed by atoms with Crippen molar-refractivity contribution in [3.8, 4) is 5.95 Å². The lowest BCUT2D eigenvalue weighted by molar-refractivity contribution is -0.133. The molecule has 0 unspecified atom stereocenters. The fourth-order valence-electron chi connectivity index (χ4n) is 0.463. The van der Waals surface area contributed by atoms with E-state index in [0.29, 0.717) is 0 Å². The summed E-state index contributed by atoms with van der Waals surface area (Å²) in [6.07, 6.45) is 1.44. The van der Waals surface area contributed by atoms with Crippen molar-refractivity contribution in [3.05, 3.63) is 18.4 Å². The molecule has 52 valence electrons. The third kappa shape index (κ3) is 2.89. The molecule has 0 spiro atoms. The summed E-state index contributed by atoms with van der Waals surface area (Å²) in [5.41, 5.74) is 0. The zero-order valence-electron chi connectivity index (χ0n) is 4.96. The molecule has 3 nitrogen and oxygen atoms in total. The van der Waals surface area contributed by atoms with Crippen LogP contribution in [-0.2, 0) is 4.79 Å². The van der Waals surface area contributed by atoms with Crippen molar-refractivity contribution < 1.29 is 13.9 Å². The van der Waals surface area contributed by atoms with E-state index in [4.69, 9.17) is 4.42 Å². The van der Waals surface area contributed by atoms with Gasteiger partial charge < -0.3 is 9.15 Å². The Morgan fingerprint density at radius 3 is 2.80 bits per heavy atom. The van der Waals surface area contributed by atoms with E-state index in [-0.39, 0.29) is 35.0 Å². The van der Waals surface area contributed by atoms with Crippen molar-refractivity contribution in [2.45, 2.75) is 6.92 Å². The Balaban J connectivity index is 0.000000810. The quantitative estimate of drug-likeness (QED) is 0.429. The van der Waals surface area contributed by atoms with Crippen molar-refractivity contribution in [3.63, 3.8) is 0 Å². The monoisotopic (exact) mass is 152 g/mol. The van der Waals surface area contributed by atoms with Gasteiger partial charge in [-0.05, 0) is 6.07 Å². The summed E-state index contributed by atoms with van der Waals surface area (Å²) in [7, 11) is 0. The molecule has 0 fully saturated rings. The Morgan fingerprint density at radius 2 is 2.40 bits per heavy atom. The lowest BCUT2D eigenvalue weighted by Gasteiger charge is -1.90. The number of esters is 1. The summed E-state index contributed by atoms with van der Waals surface area (Å²) in [5, 5.41) is 0. The highest BCUT2D eigenvalue weighted by molar-refractivity contribution is 5.75. The van der Waals surface area contributed by atoms with Crippen LogP contribution >= 0.6 is 0 Å². The third-order valence-corrected chi connectivity index (χ3v) is 0.739. The summed E-state index contributed by atoms with van der Waals surface area (Å²) in [5.74, 6) is -0.132. The Morgan fingerprint density at radius 1 is 1.70 bits per heavy atom. The van der Waals surface area contributed by atoms with E-state index in [9.17, 15) is 4.79 Å². The highest BCUT2D eigenvalue weighted by Gasteiger charge is 1.96. The molecule has 0 atom stereocenters. The molecule has 0 aromatic carbocycles. The number of hydrogen-bond acceptors (Lipinski definition) is 3. The van der Waals surface area contributed by atoms with Gasteiger partial charge in [0.25, 0.3) is 5.95 Å². The molecule has 1 aromatic rings. The molecule has 0 radical (unpaired) electrons. The van der Waals surface area contributed by atoms with E-state index in [2.05, 4.69) is 4.74 Å². The second-order valence-electron chi connectivity index (χ2n) is 1.53. The van der Waals surface area contributed by atoms with Crippen LogP contribution in [0.2, 0.25) is 0 Å². The smallest absolute Gasteiger partial charge is 0.316 e. The van der Waals surface area contributed by atoms with Crippen molar-refractivity contribution in [1.29, 1.82) is 0 Å². The number of rotatable bonds is 1. The molecule has 0 aliphatic carbocycles. The lowest BCUT2D eigenvalue weighted by atomic mass is 10.6. The van der Waals surface area contributed by atoms with Crippen LogP contribution in [0.15, 0.2) is 22.8 Å². The molecule has 1 aromatic heterocycles. The largest absolute Gasteiger partial charge is 0.434 e. The molecule has 0 saturated heterocycles. The molecule has 0 N–H and O–H groups in total. The van der Waals surface area contributed by atoms with E-state index in [0.717, 1.165) is 0 Å². The third-order valence-electron chi connectivity index (χ3n) is 0.739. The number of ether oxygens (including phenoxy) is 1. The van der Waals surface area contributed by atoms with Crippen LogP contribution < -0.4 is 4.74 Å². The Hall–Kier alpha value is -0.484. The number of carbonyl (C=O) groups is 1. The second kappa shape index (κ2) is 4.35. The van der Waals surface area contributed by atoms with Crippen LogP contribution in [0.25, 0.3) is 0 Å². The van der Waals surface area contributed by atoms with E-state index in [1.54, 1.807) is 12.1 Å². The molecule has 0 saturated carbocycles. The molecule has 0 aliphatic heterocycles. The highest BCUT2D eigenvalue weighted by Crippen LogP contribution is 2.09. The summed E-state index contributed by atoms with van der Waals surface area (Å²) in [6, 6.07) is 3.22. The van der Waals surface area contributed by atoms with Gasteiger partial charge in [-0.15, -0.1) is 0 Å². The normalized spacial score (nSPS) is 8.10. The maximum atomic E-state index is 10.2. The van der Waals surface area contributed by atoms with Crippen molar-refractivity contribution in [2.24, 2.45) is 0 Å². The first-order chi connectivity index (χ1) is 4.29. The molecule has 10 heavy (non-hydrogen) atoms. The Bertz CT molecular complexity index is 193. The number of carbonyl (C=O) groups excluding carboxylic acids is 1. The van der Waals surface area contributed by atoms with E-state index < -0.39 is 0 Å². The average Bonchev–Trinajstić information content (AvgIpc) is 2.15. The highest BCUT2D eigenvalue weighted by atomic mass is 24.3. The predicted octanol–water partition coefficient (Wildman–Crippen LogP) is 0.289. The van der Waals surface area contributed by atoms with Gasteiger partial charge in [0.2, 0.25) is 0 Å². The van der Waals surface area contributed by atoms with E-state index in [1.807, 2.05) is 0 Å². The van der Waals surface area contributed by atoms with Gasteiger partial charge in [0, 0.05) is 13.0 Å². The maximum absolute atomic E-state index is 10.2. The zero-order chi connectivity index (χ0) is 6.69. The molecular formula is C6H8MgO3. The van der Waals surface area contributed by atoms with Gasteiger partial charge in [0.05, 0.1) is 6.26 Å². The van der Waals surface area contributed by atoms with Crippen LogP contribution in [0.3, 0.4) is 0 Å². The van der Waals surface area contributed by atoms with Gasteiger partial charge in [0.15, 0.2) is 0 Å². The molecule has 1 heterocycles. The lowest BCUT2D eigenvalue weighted by Crippen LogP contribution is -1.99. The molecular weight excluding hydrogens is 144 g/mol. The van der Waals surface area contributed by atoms with Gasteiger partial charge in [-0.25, -0.2) is 0 Å². The number of hydrogen-bond donors (Lipinski definition) is 0. The first-order valence-electron chi connectivity index (χ1n) is 2.51. The molecule has 4 heteroatoms. The van der Waals surface area contributed by atoms with Crippen molar-refractivity contribution in [2.75, 3.05) is 0 Å².